The Kier molecular flexibility index (Phi) is 5.69. The predicted octanol–water partition coefficient (Wildman–Crippen LogP) is 4.37. The molecule has 26 heavy (non-hydrogen) atoms. The number of benzene rings is 2. The Hall–Kier alpha value is -3.08. The Morgan fingerprint density at radius 2 is 1.58 bits per heavy atom. The molecule has 0 atom stereocenters. The number of amides is 2. The van der Waals surface area contributed by atoms with Gasteiger partial charge in [-0.3, -0.25) is 5.10 Å². The van der Waals surface area contributed by atoms with E-state index in [1.165, 1.54) is 11.1 Å². The maximum atomic E-state index is 12.2. The molecule has 5 nitrogen and oxygen atoms in total. The van der Waals surface area contributed by atoms with Crippen LogP contribution in [0.3, 0.4) is 0 Å². The van der Waals surface area contributed by atoms with Gasteiger partial charge in [0.05, 0.1) is 17.1 Å². The van der Waals surface area contributed by atoms with Gasteiger partial charge < -0.3 is 10.6 Å². The number of aryl methyl sites for hydroxylation is 2. The number of hydrogen-bond acceptors (Lipinski definition) is 2. The van der Waals surface area contributed by atoms with Gasteiger partial charge in [-0.2, -0.15) is 5.10 Å². The van der Waals surface area contributed by atoms with Gasteiger partial charge in [0.2, 0.25) is 0 Å². The van der Waals surface area contributed by atoms with Crippen molar-refractivity contribution in [2.75, 3.05) is 11.9 Å². The van der Waals surface area contributed by atoms with E-state index in [9.17, 15) is 4.79 Å². The molecule has 0 unspecified atom stereocenters. The predicted molar refractivity (Wildman–Crippen MR) is 104 cm³/mol. The molecule has 2 aromatic carbocycles. The molecule has 134 valence electrons. The summed E-state index contributed by atoms with van der Waals surface area (Å²) in [5.41, 5.74) is 4.88. The lowest BCUT2D eigenvalue weighted by Gasteiger charge is -2.18. The standard InChI is InChI=1S/C21H24N4O/c1-15-20(16(2)25-24-15)23-21(26)22-14-13-19(17-9-5-3-6-10-17)18-11-7-4-8-12-18/h3-12,19H,13-14H2,1-2H3,(H,24,25)(H2,22,23,26). The smallest absolute Gasteiger partial charge is 0.319 e. The van der Waals surface area contributed by atoms with Gasteiger partial charge in [0, 0.05) is 12.5 Å². The van der Waals surface area contributed by atoms with Crippen LogP contribution in [0.1, 0.15) is 34.9 Å². The monoisotopic (exact) mass is 348 g/mol. The van der Waals surface area contributed by atoms with Crippen molar-refractivity contribution in [3.05, 3.63) is 83.2 Å². The summed E-state index contributed by atoms with van der Waals surface area (Å²) in [4.78, 5) is 12.2. The normalized spacial score (nSPS) is 10.7. The van der Waals surface area contributed by atoms with Crippen LogP contribution < -0.4 is 10.6 Å². The number of nitrogens with one attached hydrogen (secondary N) is 3. The summed E-state index contributed by atoms with van der Waals surface area (Å²) in [5, 5.41) is 12.8. The Labute approximate surface area is 153 Å². The minimum absolute atomic E-state index is 0.211. The molecule has 0 aliphatic carbocycles. The summed E-state index contributed by atoms with van der Waals surface area (Å²) >= 11 is 0. The van der Waals surface area contributed by atoms with E-state index in [2.05, 4.69) is 69.4 Å². The average molecular weight is 348 g/mol. The first-order valence-corrected chi connectivity index (χ1v) is 8.81. The quantitative estimate of drug-likeness (QED) is 0.619. The number of urea groups is 1. The summed E-state index contributed by atoms with van der Waals surface area (Å²) in [5.74, 6) is 0.245. The van der Waals surface area contributed by atoms with Gasteiger partial charge in [0.1, 0.15) is 0 Å². The van der Waals surface area contributed by atoms with E-state index in [-0.39, 0.29) is 11.9 Å². The van der Waals surface area contributed by atoms with E-state index in [4.69, 9.17) is 0 Å². The van der Waals surface area contributed by atoms with Gasteiger partial charge in [0.25, 0.3) is 0 Å². The van der Waals surface area contributed by atoms with E-state index >= 15 is 0 Å². The SMILES string of the molecule is Cc1n[nH]c(C)c1NC(=O)NCCC(c1ccccc1)c1ccccc1. The first-order valence-electron chi connectivity index (χ1n) is 8.81. The van der Waals surface area contributed by atoms with Crippen molar-refractivity contribution in [3.63, 3.8) is 0 Å². The Morgan fingerprint density at radius 1 is 1.00 bits per heavy atom. The summed E-state index contributed by atoms with van der Waals surface area (Å²) in [6.45, 7) is 4.33. The lowest BCUT2D eigenvalue weighted by atomic mass is 9.88. The van der Waals surface area contributed by atoms with E-state index in [0.29, 0.717) is 6.54 Å². The van der Waals surface area contributed by atoms with Gasteiger partial charge in [0.15, 0.2) is 0 Å². The first-order chi connectivity index (χ1) is 12.6. The molecule has 0 spiro atoms. The fourth-order valence-electron chi connectivity index (χ4n) is 3.12. The van der Waals surface area contributed by atoms with Crippen molar-refractivity contribution in [2.45, 2.75) is 26.2 Å². The second kappa shape index (κ2) is 8.34. The highest BCUT2D eigenvalue weighted by molar-refractivity contribution is 5.90. The third-order valence-electron chi connectivity index (χ3n) is 4.49. The van der Waals surface area contributed by atoms with E-state index < -0.39 is 0 Å². The maximum absolute atomic E-state index is 12.2. The maximum Gasteiger partial charge on any atom is 0.319 e. The van der Waals surface area contributed by atoms with Crippen LogP contribution in [0.5, 0.6) is 0 Å². The molecule has 0 aliphatic rings. The molecule has 0 fully saturated rings. The van der Waals surface area contributed by atoms with Crippen molar-refractivity contribution in [1.29, 1.82) is 0 Å². The Balaban J connectivity index is 1.62. The molecular formula is C21H24N4O. The second-order valence-electron chi connectivity index (χ2n) is 6.35. The molecule has 0 aliphatic heterocycles. The summed E-state index contributed by atoms with van der Waals surface area (Å²) in [6.07, 6.45) is 0.824. The zero-order valence-corrected chi connectivity index (χ0v) is 15.1. The molecule has 0 radical (unpaired) electrons. The van der Waals surface area contributed by atoms with Crippen LogP contribution in [0.2, 0.25) is 0 Å². The summed E-state index contributed by atoms with van der Waals surface area (Å²) < 4.78 is 0. The minimum Gasteiger partial charge on any atom is -0.338 e. The highest BCUT2D eigenvalue weighted by Crippen LogP contribution is 2.27. The largest absolute Gasteiger partial charge is 0.338 e. The number of nitrogens with zero attached hydrogens (tertiary/aromatic N) is 1. The molecule has 3 N–H and O–H groups in total. The van der Waals surface area contributed by atoms with Crippen molar-refractivity contribution in [1.82, 2.24) is 15.5 Å². The van der Waals surface area contributed by atoms with Gasteiger partial charge in [-0.05, 0) is 31.4 Å². The molecule has 0 saturated heterocycles. The average Bonchev–Trinajstić information content (AvgIpc) is 2.98. The molecule has 3 aromatic rings. The van der Waals surface area contributed by atoms with E-state index in [1.807, 2.05) is 26.0 Å². The van der Waals surface area contributed by atoms with Gasteiger partial charge in [-0.1, -0.05) is 60.7 Å². The number of aromatic amines is 1. The Morgan fingerprint density at radius 3 is 2.08 bits per heavy atom. The van der Waals surface area contributed by atoms with Crippen molar-refractivity contribution in [3.8, 4) is 0 Å². The van der Waals surface area contributed by atoms with Crippen molar-refractivity contribution in [2.24, 2.45) is 0 Å². The number of carbonyl (C=O) groups excluding carboxylic acids is 1. The highest BCUT2D eigenvalue weighted by Gasteiger charge is 2.15. The van der Waals surface area contributed by atoms with Crippen molar-refractivity contribution < 1.29 is 4.79 Å². The van der Waals surface area contributed by atoms with Crippen LogP contribution in [-0.2, 0) is 0 Å². The number of anilines is 1. The molecule has 2 amide bonds. The number of H-pyrrole nitrogens is 1. The number of hydrogen-bond donors (Lipinski definition) is 3. The molecule has 3 rings (SSSR count). The fourth-order valence-corrected chi connectivity index (χ4v) is 3.12. The van der Waals surface area contributed by atoms with Gasteiger partial charge in [-0.15, -0.1) is 0 Å². The van der Waals surface area contributed by atoms with E-state index in [1.54, 1.807) is 0 Å². The van der Waals surface area contributed by atoms with E-state index in [0.717, 1.165) is 23.5 Å². The third kappa shape index (κ3) is 4.30. The van der Waals surface area contributed by atoms with Crippen LogP contribution >= 0.6 is 0 Å². The topological polar surface area (TPSA) is 69.8 Å². The Bertz CT molecular complexity index is 784. The van der Waals surface area contributed by atoms with Crippen molar-refractivity contribution >= 4 is 11.7 Å². The molecule has 0 bridgehead atoms. The third-order valence-corrected chi connectivity index (χ3v) is 4.49. The van der Waals surface area contributed by atoms with Crippen LogP contribution in [-0.4, -0.2) is 22.8 Å². The molecule has 0 saturated carbocycles. The molecule has 1 heterocycles. The number of carbonyl (C=O) groups is 1. The fraction of sp³-hybridized carbons (Fsp3) is 0.238. The second-order valence-corrected chi connectivity index (χ2v) is 6.35. The van der Waals surface area contributed by atoms with Crippen LogP contribution in [0.4, 0.5) is 10.5 Å². The summed E-state index contributed by atoms with van der Waals surface area (Å²) in [6, 6.07) is 20.6. The lowest BCUT2D eigenvalue weighted by Crippen LogP contribution is -2.30. The summed E-state index contributed by atoms with van der Waals surface area (Å²) in [7, 11) is 0. The van der Waals surface area contributed by atoms with Gasteiger partial charge >= 0.3 is 6.03 Å². The van der Waals surface area contributed by atoms with Crippen LogP contribution in [0.15, 0.2) is 60.7 Å². The molecule has 5 heteroatoms. The minimum atomic E-state index is -0.211. The molecule has 1 aromatic heterocycles. The highest BCUT2D eigenvalue weighted by atomic mass is 16.2. The number of rotatable bonds is 6. The lowest BCUT2D eigenvalue weighted by molar-refractivity contribution is 0.252. The number of aromatic nitrogens is 2. The molecular weight excluding hydrogens is 324 g/mol. The van der Waals surface area contributed by atoms with Gasteiger partial charge in [-0.25, -0.2) is 4.79 Å². The zero-order chi connectivity index (χ0) is 18.4. The van der Waals surface area contributed by atoms with Crippen LogP contribution in [0.25, 0.3) is 0 Å². The zero-order valence-electron chi connectivity index (χ0n) is 15.1. The van der Waals surface area contributed by atoms with Crippen LogP contribution in [0, 0.1) is 13.8 Å². The first kappa shape index (κ1) is 17.7.